The van der Waals surface area contributed by atoms with Crippen molar-refractivity contribution in [2.45, 2.75) is 44.1 Å². The van der Waals surface area contributed by atoms with Gasteiger partial charge in [-0.25, -0.2) is 14.8 Å². The fraction of sp³-hybridized carbons (Fsp3) is 0.500. The lowest BCUT2D eigenvalue weighted by Crippen LogP contribution is -2.47. The van der Waals surface area contributed by atoms with Gasteiger partial charge in [-0.05, 0) is 37.0 Å². The molecule has 184 valence electrons. The number of alkyl halides is 3. The average Bonchev–Trinajstić information content (AvgIpc) is 3.63. The fourth-order valence-electron chi connectivity index (χ4n) is 4.06. The van der Waals surface area contributed by atoms with Gasteiger partial charge in [-0.1, -0.05) is 12.1 Å². The lowest BCUT2D eigenvalue weighted by atomic mass is 9.94. The van der Waals surface area contributed by atoms with Crippen LogP contribution in [0.2, 0.25) is 0 Å². The summed E-state index contributed by atoms with van der Waals surface area (Å²) in [6.07, 6.45) is -3.13. The van der Waals surface area contributed by atoms with Crippen LogP contribution in [0.25, 0.3) is 0 Å². The highest BCUT2D eigenvalue weighted by atomic mass is 19.4. The number of benzene rings is 1. The van der Waals surface area contributed by atoms with E-state index in [1.807, 2.05) is 0 Å². The van der Waals surface area contributed by atoms with E-state index in [4.69, 9.17) is 5.11 Å². The van der Waals surface area contributed by atoms with E-state index < -0.39 is 29.8 Å². The summed E-state index contributed by atoms with van der Waals surface area (Å²) in [5, 5.41) is 22.2. The van der Waals surface area contributed by atoms with E-state index in [-0.39, 0.29) is 49.8 Å². The number of hydrogen-bond donors (Lipinski definition) is 3. The van der Waals surface area contributed by atoms with Gasteiger partial charge in [-0.2, -0.15) is 17.6 Å². The van der Waals surface area contributed by atoms with Crippen LogP contribution < -0.4 is 10.2 Å². The minimum Gasteiger partial charge on any atom is -0.465 e. The summed E-state index contributed by atoms with van der Waals surface area (Å²) in [6, 6.07) is 4.79. The predicted molar refractivity (Wildman–Crippen MR) is 115 cm³/mol. The first kappa shape index (κ1) is 24.0. The van der Waals surface area contributed by atoms with Gasteiger partial charge in [0.1, 0.15) is 6.33 Å². The highest BCUT2D eigenvalue weighted by molar-refractivity contribution is 5.65. The molecular formula is C22H25F4N5O3. The first-order valence-corrected chi connectivity index (χ1v) is 11.0. The molecule has 1 amide bonds. The Morgan fingerprint density at radius 2 is 1.88 bits per heavy atom. The molecule has 1 aliphatic heterocycles. The Labute approximate surface area is 193 Å². The number of nitrogens with one attached hydrogen (secondary N) is 1. The molecule has 1 aliphatic carbocycles. The Morgan fingerprint density at radius 3 is 2.47 bits per heavy atom. The highest BCUT2D eigenvalue weighted by Crippen LogP contribution is 2.35. The second-order valence-electron chi connectivity index (χ2n) is 8.64. The minimum atomic E-state index is -4.42. The largest absolute Gasteiger partial charge is 0.465 e. The van der Waals surface area contributed by atoms with Crippen LogP contribution >= 0.6 is 0 Å². The van der Waals surface area contributed by atoms with Gasteiger partial charge in [0.2, 0.25) is 5.82 Å². The molecule has 3 N–H and O–H groups in total. The number of nitrogens with zero attached hydrogens (tertiary/aromatic N) is 4. The van der Waals surface area contributed by atoms with E-state index in [1.54, 1.807) is 4.90 Å². The van der Waals surface area contributed by atoms with Crippen LogP contribution in [0.1, 0.15) is 30.4 Å². The van der Waals surface area contributed by atoms with Crippen LogP contribution in [0.4, 0.5) is 34.0 Å². The maximum absolute atomic E-state index is 15.3. The summed E-state index contributed by atoms with van der Waals surface area (Å²) in [4.78, 5) is 22.0. The number of rotatable bonds is 7. The Morgan fingerprint density at radius 1 is 1.18 bits per heavy atom. The van der Waals surface area contributed by atoms with Gasteiger partial charge < -0.3 is 25.3 Å². The molecule has 2 atom stereocenters. The molecule has 34 heavy (non-hydrogen) atoms. The third-order valence-electron chi connectivity index (χ3n) is 6.19. The molecule has 1 saturated heterocycles. The Bertz CT molecular complexity index is 1020. The normalized spacial score (nSPS) is 20.8. The maximum atomic E-state index is 15.3. The van der Waals surface area contributed by atoms with E-state index in [9.17, 15) is 23.1 Å². The van der Waals surface area contributed by atoms with Gasteiger partial charge in [0.25, 0.3) is 0 Å². The Kier molecular flexibility index (Phi) is 6.78. The molecular weight excluding hydrogens is 458 g/mol. The molecule has 4 rings (SSSR count). The second-order valence-corrected chi connectivity index (χ2v) is 8.64. The topological polar surface area (TPSA) is 102 Å². The first-order chi connectivity index (χ1) is 16.1. The van der Waals surface area contributed by atoms with Gasteiger partial charge in [-0.15, -0.1) is 0 Å². The van der Waals surface area contributed by atoms with Gasteiger partial charge >= 0.3 is 12.3 Å². The average molecular weight is 483 g/mol. The van der Waals surface area contributed by atoms with Crippen molar-refractivity contribution < 1.29 is 32.6 Å². The van der Waals surface area contributed by atoms with E-state index in [1.165, 1.54) is 18.5 Å². The standard InChI is InChI=1S/C22H25F4N5O3/c23-18-19(27-9-14-7-8-30(21(33)34)11-17(14)32)28-12-29-20(18)31(16-5-6-16)10-13-1-3-15(4-2-13)22(24,25)26/h1-4,12,14,16-17,32H,5-11H2,(H,33,34)(H,27,28,29)/t14-,17+/m1/s1. The van der Waals surface area contributed by atoms with Crippen molar-refractivity contribution in [3.63, 3.8) is 0 Å². The number of anilines is 2. The van der Waals surface area contributed by atoms with Crippen LogP contribution in [-0.2, 0) is 12.7 Å². The summed E-state index contributed by atoms with van der Waals surface area (Å²) in [5.41, 5.74) is -0.147. The number of piperidine rings is 1. The predicted octanol–water partition coefficient (Wildman–Crippen LogP) is 3.58. The van der Waals surface area contributed by atoms with Crippen molar-refractivity contribution in [1.29, 1.82) is 0 Å². The fourth-order valence-corrected chi connectivity index (χ4v) is 4.06. The number of aliphatic hydroxyl groups excluding tert-OH is 1. The van der Waals surface area contributed by atoms with Crippen LogP contribution in [0.5, 0.6) is 0 Å². The van der Waals surface area contributed by atoms with Crippen molar-refractivity contribution >= 4 is 17.7 Å². The third kappa shape index (κ3) is 5.49. The summed E-state index contributed by atoms with van der Waals surface area (Å²) >= 11 is 0. The number of aromatic nitrogens is 2. The monoisotopic (exact) mass is 483 g/mol. The maximum Gasteiger partial charge on any atom is 0.416 e. The van der Waals surface area contributed by atoms with E-state index in [0.29, 0.717) is 12.0 Å². The molecule has 2 aliphatic rings. The molecule has 1 aromatic heterocycles. The Hall–Kier alpha value is -3.15. The molecule has 1 aromatic carbocycles. The van der Waals surface area contributed by atoms with E-state index in [0.717, 1.165) is 29.9 Å². The van der Waals surface area contributed by atoms with Crippen LogP contribution in [-0.4, -0.2) is 63.0 Å². The molecule has 0 bridgehead atoms. The Balaban J connectivity index is 1.45. The number of halogens is 4. The van der Waals surface area contributed by atoms with Crippen LogP contribution in [0.15, 0.2) is 30.6 Å². The number of carboxylic acid groups (broad SMARTS) is 1. The zero-order chi connectivity index (χ0) is 24.5. The van der Waals surface area contributed by atoms with Crippen LogP contribution in [0.3, 0.4) is 0 Å². The summed E-state index contributed by atoms with van der Waals surface area (Å²) in [6.45, 7) is 0.660. The lowest BCUT2D eigenvalue weighted by Gasteiger charge is -2.34. The van der Waals surface area contributed by atoms with Crippen molar-refractivity contribution in [2.75, 3.05) is 29.9 Å². The first-order valence-electron chi connectivity index (χ1n) is 11.0. The zero-order valence-corrected chi connectivity index (χ0v) is 18.2. The molecule has 12 heteroatoms. The molecule has 8 nitrogen and oxygen atoms in total. The van der Waals surface area contributed by atoms with Crippen molar-refractivity contribution in [3.05, 3.63) is 47.5 Å². The molecule has 2 fully saturated rings. The number of carbonyl (C=O) groups is 1. The molecule has 2 heterocycles. The summed E-state index contributed by atoms with van der Waals surface area (Å²) < 4.78 is 53.8. The summed E-state index contributed by atoms with van der Waals surface area (Å²) in [5.74, 6) is -0.948. The smallest absolute Gasteiger partial charge is 0.416 e. The van der Waals surface area contributed by atoms with Gasteiger partial charge in [0, 0.05) is 31.6 Å². The molecule has 2 aromatic rings. The number of β-amino-alcohol motifs (C(OH)–C–C–N with tert-alkyl or cyclic N) is 1. The highest BCUT2D eigenvalue weighted by Gasteiger charge is 2.34. The van der Waals surface area contributed by atoms with Gasteiger partial charge in [0.05, 0.1) is 18.2 Å². The zero-order valence-electron chi connectivity index (χ0n) is 18.2. The molecule has 0 spiro atoms. The van der Waals surface area contributed by atoms with Gasteiger partial charge in [0.15, 0.2) is 11.6 Å². The SMILES string of the molecule is O=C(O)N1CC[C@H](CNc2ncnc(N(Cc3ccc(C(F)(F)F)cc3)C3CC3)c2F)[C@@H](O)C1. The minimum absolute atomic E-state index is 0.0121. The summed E-state index contributed by atoms with van der Waals surface area (Å²) in [7, 11) is 0. The van der Waals surface area contributed by atoms with Crippen molar-refractivity contribution in [1.82, 2.24) is 14.9 Å². The number of hydrogen-bond acceptors (Lipinski definition) is 6. The number of amides is 1. The quantitative estimate of drug-likeness (QED) is 0.518. The number of likely N-dealkylation sites (tertiary alicyclic amines) is 1. The van der Waals surface area contributed by atoms with Crippen molar-refractivity contribution in [3.8, 4) is 0 Å². The van der Waals surface area contributed by atoms with Gasteiger partial charge in [-0.3, -0.25) is 0 Å². The van der Waals surface area contributed by atoms with E-state index >= 15 is 4.39 Å². The lowest BCUT2D eigenvalue weighted by molar-refractivity contribution is -0.137. The third-order valence-corrected chi connectivity index (χ3v) is 6.19. The van der Waals surface area contributed by atoms with Crippen molar-refractivity contribution in [2.24, 2.45) is 5.92 Å². The molecule has 0 unspecified atom stereocenters. The van der Waals surface area contributed by atoms with E-state index in [2.05, 4.69) is 15.3 Å². The second kappa shape index (κ2) is 9.61. The van der Waals surface area contributed by atoms with Crippen LogP contribution in [0, 0.1) is 11.7 Å². The number of aliphatic hydroxyl groups is 1. The molecule has 1 saturated carbocycles. The molecule has 0 radical (unpaired) electrons.